The van der Waals surface area contributed by atoms with Crippen LogP contribution in [0, 0.1) is 34.5 Å². The number of aliphatic carboxylic acids is 1. The molecule has 4 aliphatic carbocycles. The lowest BCUT2D eigenvalue weighted by atomic mass is 9.44. The van der Waals surface area contributed by atoms with E-state index in [9.17, 15) is 19.8 Å². The second-order valence-corrected chi connectivity index (χ2v) is 9.17. The van der Waals surface area contributed by atoms with E-state index in [0.29, 0.717) is 18.3 Å². The molecule has 0 radical (unpaired) electrons. The Balaban J connectivity index is 1.73. The molecule has 4 nitrogen and oxygen atoms in total. The summed E-state index contributed by atoms with van der Waals surface area (Å²) in [6.45, 7) is 2.59. The van der Waals surface area contributed by atoms with Gasteiger partial charge < -0.3 is 10.2 Å². The fourth-order valence-corrected chi connectivity index (χ4v) is 7.36. The molecule has 3 fully saturated rings. The molecule has 0 saturated heterocycles. The van der Waals surface area contributed by atoms with Crippen LogP contribution in [0.3, 0.4) is 0 Å². The summed E-state index contributed by atoms with van der Waals surface area (Å²) in [6.07, 6.45) is 9.56. The van der Waals surface area contributed by atoms with Gasteiger partial charge in [-0.3, -0.25) is 9.59 Å². The third-order valence-corrected chi connectivity index (χ3v) is 8.55. The summed E-state index contributed by atoms with van der Waals surface area (Å²) in [5, 5.41) is 19.8. The summed E-state index contributed by atoms with van der Waals surface area (Å²) in [5.41, 5.74) is 0.629. The first kappa shape index (κ1) is 17.3. The minimum absolute atomic E-state index is 0.0582. The molecule has 0 aliphatic heterocycles. The number of allylic oxidation sites excluding steroid dienone is 1. The van der Waals surface area contributed by atoms with Gasteiger partial charge in [-0.1, -0.05) is 12.5 Å². The van der Waals surface area contributed by atoms with Gasteiger partial charge in [0.05, 0.1) is 5.41 Å². The van der Waals surface area contributed by atoms with Crippen LogP contribution in [0.15, 0.2) is 11.6 Å². The lowest BCUT2D eigenvalue weighted by molar-refractivity contribution is -0.174. The predicted octanol–water partition coefficient (Wildman–Crippen LogP) is 3.58. The number of rotatable bonds is 3. The summed E-state index contributed by atoms with van der Waals surface area (Å²) in [7, 11) is 0. The van der Waals surface area contributed by atoms with E-state index < -0.39 is 11.4 Å². The first-order valence-corrected chi connectivity index (χ1v) is 10.0. The molecule has 2 N–H and O–H groups in total. The Morgan fingerprint density at radius 3 is 2.68 bits per heavy atom. The standard InChI is InChI=1S/C21H30O4/c1-20-9-10-21(19(24)25)16-7-4-15(23)12-13(16)2-5-18(21)17(20)6-3-14(20)8-11-22/h12,14,16-18,22H,2-11H2,1H3,(H,24,25). The van der Waals surface area contributed by atoms with Crippen molar-refractivity contribution in [2.75, 3.05) is 6.61 Å². The lowest BCUT2D eigenvalue weighted by Gasteiger charge is -2.59. The molecule has 0 aromatic heterocycles. The molecule has 0 amide bonds. The number of carboxylic acids is 1. The zero-order valence-electron chi connectivity index (χ0n) is 15.2. The van der Waals surface area contributed by atoms with Gasteiger partial charge >= 0.3 is 5.97 Å². The summed E-state index contributed by atoms with van der Waals surface area (Å²) in [4.78, 5) is 24.4. The van der Waals surface area contributed by atoms with Gasteiger partial charge in [0.2, 0.25) is 0 Å². The monoisotopic (exact) mass is 346 g/mol. The van der Waals surface area contributed by atoms with E-state index in [-0.39, 0.29) is 29.6 Å². The van der Waals surface area contributed by atoms with Crippen molar-refractivity contribution in [2.24, 2.45) is 34.5 Å². The van der Waals surface area contributed by atoms with Crippen LogP contribution in [-0.2, 0) is 9.59 Å². The van der Waals surface area contributed by atoms with Gasteiger partial charge in [0.1, 0.15) is 0 Å². The number of carbonyl (C=O) groups excluding carboxylic acids is 1. The number of carboxylic acid groups (broad SMARTS) is 1. The summed E-state index contributed by atoms with van der Waals surface area (Å²) in [6, 6.07) is 0. The molecule has 25 heavy (non-hydrogen) atoms. The van der Waals surface area contributed by atoms with E-state index in [0.717, 1.165) is 56.9 Å². The number of carbonyl (C=O) groups is 2. The highest BCUT2D eigenvalue weighted by Crippen LogP contribution is 2.68. The first-order chi connectivity index (χ1) is 11.9. The third kappa shape index (κ3) is 2.29. The Labute approximate surface area is 149 Å². The van der Waals surface area contributed by atoms with Gasteiger partial charge in [0.15, 0.2) is 5.78 Å². The highest BCUT2D eigenvalue weighted by molar-refractivity contribution is 5.92. The van der Waals surface area contributed by atoms with Crippen LogP contribution in [0.4, 0.5) is 0 Å². The fourth-order valence-electron chi connectivity index (χ4n) is 7.36. The topological polar surface area (TPSA) is 74.6 Å². The molecule has 4 heteroatoms. The van der Waals surface area contributed by atoms with Gasteiger partial charge in [-0.05, 0) is 86.5 Å². The maximum atomic E-state index is 12.6. The molecule has 0 bridgehead atoms. The fraction of sp³-hybridized carbons (Fsp3) is 0.810. The number of aliphatic hydroxyl groups excluding tert-OH is 1. The average Bonchev–Trinajstić information content (AvgIpc) is 2.91. The summed E-state index contributed by atoms with van der Waals surface area (Å²) < 4.78 is 0. The van der Waals surface area contributed by atoms with E-state index in [1.54, 1.807) is 6.08 Å². The van der Waals surface area contributed by atoms with Crippen molar-refractivity contribution in [2.45, 2.75) is 64.7 Å². The molecule has 0 aromatic carbocycles. The Morgan fingerprint density at radius 1 is 1.16 bits per heavy atom. The van der Waals surface area contributed by atoms with Crippen LogP contribution < -0.4 is 0 Å². The first-order valence-electron chi connectivity index (χ1n) is 10.0. The molecular formula is C21H30O4. The van der Waals surface area contributed by atoms with Crippen molar-refractivity contribution in [3.8, 4) is 0 Å². The molecule has 138 valence electrons. The average molecular weight is 346 g/mol. The van der Waals surface area contributed by atoms with Gasteiger partial charge in [-0.15, -0.1) is 0 Å². The van der Waals surface area contributed by atoms with E-state index in [4.69, 9.17) is 0 Å². The van der Waals surface area contributed by atoms with Crippen LogP contribution in [0.2, 0.25) is 0 Å². The highest BCUT2D eigenvalue weighted by atomic mass is 16.4. The Bertz CT molecular complexity index is 623. The summed E-state index contributed by atoms with van der Waals surface area (Å²) in [5.74, 6) is 0.808. The minimum Gasteiger partial charge on any atom is -0.481 e. The van der Waals surface area contributed by atoms with Crippen molar-refractivity contribution in [1.82, 2.24) is 0 Å². The largest absolute Gasteiger partial charge is 0.481 e. The van der Waals surface area contributed by atoms with Gasteiger partial charge in [0.25, 0.3) is 0 Å². The molecule has 4 aliphatic rings. The van der Waals surface area contributed by atoms with Crippen LogP contribution in [0.1, 0.15) is 64.7 Å². The maximum Gasteiger partial charge on any atom is 0.310 e. The Hall–Kier alpha value is -1.16. The highest BCUT2D eigenvalue weighted by Gasteiger charge is 2.65. The zero-order valence-corrected chi connectivity index (χ0v) is 15.2. The molecule has 4 rings (SSSR count). The Morgan fingerprint density at radius 2 is 1.96 bits per heavy atom. The van der Waals surface area contributed by atoms with Crippen molar-refractivity contribution >= 4 is 11.8 Å². The van der Waals surface area contributed by atoms with Crippen LogP contribution in [0.25, 0.3) is 0 Å². The molecular weight excluding hydrogens is 316 g/mol. The van der Waals surface area contributed by atoms with E-state index in [1.807, 2.05) is 0 Å². The number of hydrogen-bond donors (Lipinski definition) is 2. The normalized spacial score (nSPS) is 46.0. The maximum absolute atomic E-state index is 12.6. The van der Waals surface area contributed by atoms with Crippen molar-refractivity contribution in [3.05, 3.63) is 11.6 Å². The minimum atomic E-state index is -0.664. The lowest BCUT2D eigenvalue weighted by Crippen LogP contribution is -2.57. The number of fused-ring (bicyclic) bond motifs is 5. The van der Waals surface area contributed by atoms with Gasteiger partial charge in [-0.25, -0.2) is 0 Å². The molecule has 6 unspecified atom stereocenters. The van der Waals surface area contributed by atoms with Crippen LogP contribution >= 0.6 is 0 Å². The van der Waals surface area contributed by atoms with E-state index >= 15 is 0 Å². The third-order valence-electron chi connectivity index (χ3n) is 8.55. The van der Waals surface area contributed by atoms with E-state index in [2.05, 4.69) is 6.92 Å². The van der Waals surface area contributed by atoms with Crippen LogP contribution in [-0.4, -0.2) is 28.6 Å². The molecule has 6 atom stereocenters. The number of aliphatic hydroxyl groups is 1. The molecule has 0 aromatic rings. The van der Waals surface area contributed by atoms with Gasteiger partial charge in [-0.2, -0.15) is 0 Å². The second kappa shape index (κ2) is 5.94. The van der Waals surface area contributed by atoms with Crippen molar-refractivity contribution in [1.29, 1.82) is 0 Å². The van der Waals surface area contributed by atoms with Crippen molar-refractivity contribution < 1.29 is 19.8 Å². The Kier molecular flexibility index (Phi) is 4.10. The zero-order chi connectivity index (χ0) is 17.8. The quantitative estimate of drug-likeness (QED) is 0.819. The van der Waals surface area contributed by atoms with Gasteiger partial charge in [0, 0.05) is 13.0 Å². The predicted molar refractivity (Wildman–Crippen MR) is 93.9 cm³/mol. The second-order valence-electron chi connectivity index (χ2n) is 9.17. The smallest absolute Gasteiger partial charge is 0.310 e. The molecule has 0 heterocycles. The van der Waals surface area contributed by atoms with E-state index in [1.165, 1.54) is 0 Å². The van der Waals surface area contributed by atoms with Crippen molar-refractivity contribution in [3.63, 3.8) is 0 Å². The summed E-state index contributed by atoms with van der Waals surface area (Å²) >= 11 is 0. The number of hydrogen-bond acceptors (Lipinski definition) is 3. The number of ketones is 1. The molecule has 3 saturated carbocycles. The SMILES string of the molecule is CC12CCC3(C(=O)O)C4CCC(=O)C=C4CCC3C1CCC2CCO. The van der Waals surface area contributed by atoms with Crippen LogP contribution in [0.5, 0.6) is 0 Å². The molecule has 0 spiro atoms.